The van der Waals surface area contributed by atoms with E-state index in [9.17, 15) is 23.1 Å². The Kier molecular flexibility index (Phi) is 7.47. The molecule has 3 fully saturated rings. The Morgan fingerprint density at radius 1 is 1.18 bits per heavy atom. The second-order valence-electron chi connectivity index (χ2n) is 11.5. The normalized spacial score (nSPS) is 22.6. The number of carbonyl (C=O) groups excluding carboxylic acids is 1. The molecule has 11 heteroatoms. The van der Waals surface area contributed by atoms with Crippen LogP contribution >= 0.6 is 11.3 Å². The van der Waals surface area contributed by atoms with Crippen LogP contribution < -0.4 is 10.6 Å². The summed E-state index contributed by atoms with van der Waals surface area (Å²) >= 11 is 0.955. The lowest BCUT2D eigenvalue weighted by Crippen LogP contribution is -2.38. The number of carbonyl (C=O) groups is 1. The summed E-state index contributed by atoms with van der Waals surface area (Å²) in [4.78, 5) is 24.5. The van der Waals surface area contributed by atoms with E-state index in [0.29, 0.717) is 35.1 Å². The molecule has 0 aromatic carbocycles. The van der Waals surface area contributed by atoms with Crippen molar-refractivity contribution < 1.29 is 23.1 Å². The van der Waals surface area contributed by atoms with Crippen molar-refractivity contribution in [2.24, 2.45) is 5.92 Å². The molecule has 1 atom stereocenters. The van der Waals surface area contributed by atoms with E-state index in [1.807, 2.05) is 6.92 Å². The zero-order chi connectivity index (χ0) is 27.2. The highest BCUT2D eigenvalue weighted by molar-refractivity contribution is 7.17. The second-order valence-corrected chi connectivity index (χ2v) is 12.5. The van der Waals surface area contributed by atoms with Gasteiger partial charge in [-0.25, -0.2) is 9.97 Å². The van der Waals surface area contributed by atoms with Crippen molar-refractivity contribution in [2.45, 2.75) is 102 Å². The van der Waals surface area contributed by atoms with Gasteiger partial charge in [-0.15, -0.1) is 11.3 Å². The fraction of sp³-hybridized carbons (Fsp3) is 0.667. The summed E-state index contributed by atoms with van der Waals surface area (Å²) in [6, 6.07) is 2.01. The van der Waals surface area contributed by atoms with Crippen LogP contribution in [0.25, 0.3) is 10.4 Å². The molecule has 0 radical (unpaired) electrons. The Morgan fingerprint density at radius 3 is 2.39 bits per heavy atom. The SMILES string of the molecule is CC[C@@H](Nc1cc(C(F)(F)F)c(-c2sc(C(=O)NCC(C)(C)O)nc2CN2C3CCC2CC3)cn1)C1CC1. The Labute approximate surface area is 225 Å². The molecule has 2 aromatic rings. The van der Waals surface area contributed by atoms with Gasteiger partial charge in [0.25, 0.3) is 5.91 Å². The average molecular weight is 552 g/mol. The third-order valence-electron chi connectivity index (χ3n) is 7.93. The van der Waals surface area contributed by atoms with E-state index < -0.39 is 23.2 Å². The number of pyridine rings is 1. The Bertz CT molecular complexity index is 1150. The molecule has 0 spiro atoms. The van der Waals surface area contributed by atoms with E-state index in [-0.39, 0.29) is 29.0 Å². The van der Waals surface area contributed by atoms with Crippen molar-refractivity contribution in [3.8, 4) is 10.4 Å². The van der Waals surface area contributed by atoms with Gasteiger partial charge in [0.2, 0.25) is 0 Å². The molecule has 2 saturated heterocycles. The minimum absolute atomic E-state index is 0.00165. The maximum atomic E-state index is 14.4. The summed E-state index contributed by atoms with van der Waals surface area (Å²) in [5.74, 6) is 0.181. The Balaban J connectivity index is 1.51. The van der Waals surface area contributed by atoms with Gasteiger partial charge in [0.05, 0.1) is 21.7 Å². The predicted octanol–water partition coefficient (Wildman–Crippen LogP) is 5.45. The molecule has 4 heterocycles. The van der Waals surface area contributed by atoms with Gasteiger partial charge in [-0.2, -0.15) is 13.2 Å². The summed E-state index contributed by atoms with van der Waals surface area (Å²) in [5, 5.41) is 15.9. The molecule has 7 nitrogen and oxygen atoms in total. The van der Waals surface area contributed by atoms with E-state index in [4.69, 9.17) is 0 Å². The quantitative estimate of drug-likeness (QED) is 0.364. The zero-order valence-corrected chi connectivity index (χ0v) is 22.9. The van der Waals surface area contributed by atoms with Crippen molar-refractivity contribution in [2.75, 3.05) is 11.9 Å². The zero-order valence-electron chi connectivity index (χ0n) is 22.1. The third-order valence-corrected chi connectivity index (χ3v) is 9.06. The van der Waals surface area contributed by atoms with E-state index in [1.165, 1.54) is 6.20 Å². The number of aromatic nitrogens is 2. The number of halogens is 3. The van der Waals surface area contributed by atoms with Crippen molar-refractivity contribution in [3.63, 3.8) is 0 Å². The van der Waals surface area contributed by atoms with Gasteiger partial charge >= 0.3 is 6.18 Å². The highest BCUT2D eigenvalue weighted by Gasteiger charge is 2.41. The number of nitrogens with zero attached hydrogens (tertiary/aromatic N) is 3. The summed E-state index contributed by atoms with van der Waals surface area (Å²) in [5.41, 5.74) is -1.48. The van der Waals surface area contributed by atoms with Gasteiger partial charge in [0.15, 0.2) is 5.01 Å². The maximum absolute atomic E-state index is 14.4. The number of hydrogen-bond donors (Lipinski definition) is 3. The van der Waals surface area contributed by atoms with Crippen LogP contribution in [-0.2, 0) is 12.7 Å². The molecule has 2 aromatic heterocycles. The van der Waals surface area contributed by atoms with Crippen LogP contribution in [0.2, 0.25) is 0 Å². The number of aliphatic hydroxyl groups is 1. The number of thiazole rings is 1. The highest BCUT2D eigenvalue weighted by atomic mass is 32.1. The molecule has 3 N–H and O–H groups in total. The molecule has 0 unspecified atom stereocenters. The number of rotatable bonds is 10. The van der Waals surface area contributed by atoms with Crippen LogP contribution in [0, 0.1) is 5.92 Å². The predicted molar refractivity (Wildman–Crippen MR) is 141 cm³/mol. The van der Waals surface area contributed by atoms with Crippen LogP contribution in [0.3, 0.4) is 0 Å². The molecule has 2 bridgehead atoms. The lowest BCUT2D eigenvalue weighted by atomic mass is 10.0. The van der Waals surface area contributed by atoms with Crippen LogP contribution in [-0.4, -0.2) is 56.2 Å². The smallest absolute Gasteiger partial charge is 0.389 e. The summed E-state index contributed by atoms with van der Waals surface area (Å²) in [7, 11) is 0. The first-order chi connectivity index (χ1) is 17.9. The first kappa shape index (κ1) is 27.3. The average Bonchev–Trinajstić information content (AvgIpc) is 3.37. The minimum Gasteiger partial charge on any atom is -0.389 e. The lowest BCUT2D eigenvalue weighted by Gasteiger charge is -2.22. The van der Waals surface area contributed by atoms with Crippen molar-refractivity contribution in [3.05, 3.63) is 28.5 Å². The highest BCUT2D eigenvalue weighted by Crippen LogP contribution is 2.44. The van der Waals surface area contributed by atoms with Crippen LogP contribution in [0.5, 0.6) is 0 Å². The molecule has 208 valence electrons. The van der Waals surface area contributed by atoms with E-state index >= 15 is 0 Å². The largest absolute Gasteiger partial charge is 0.417 e. The first-order valence-electron chi connectivity index (χ1n) is 13.5. The van der Waals surface area contributed by atoms with Crippen LogP contribution in [0.4, 0.5) is 19.0 Å². The molecule has 5 rings (SSSR count). The van der Waals surface area contributed by atoms with Gasteiger partial charge in [0.1, 0.15) is 5.82 Å². The number of fused-ring (bicyclic) bond motifs is 2. The van der Waals surface area contributed by atoms with Gasteiger partial charge in [0, 0.05) is 43.0 Å². The molecule has 2 aliphatic heterocycles. The van der Waals surface area contributed by atoms with E-state index in [1.54, 1.807) is 13.8 Å². The van der Waals surface area contributed by atoms with Crippen molar-refractivity contribution in [1.29, 1.82) is 0 Å². The number of amides is 1. The van der Waals surface area contributed by atoms with Gasteiger partial charge in [-0.1, -0.05) is 6.92 Å². The van der Waals surface area contributed by atoms with Crippen LogP contribution in [0.15, 0.2) is 12.3 Å². The summed E-state index contributed by atoms with van der Waals surface area (Å²) < 4.78 is 43.2. The molecule has 1 amide bonds. The number of anilines is 1. The fourth-order valence-corrected chi connectivity index (χ4v) is 6.80. The van der Waals surface area contributed by atoms with E-state index in [2.05, 4.69) is 25.5 Å². The molecule has 38 heavy (non-hydrogen) atoms. The van der Waals surface area contributed by atoms with Gasteiger partial charge < -0.3 is 15.7 Å². The van der Waals surface area contributed by atoms with E-state index in [0.717, 1.165) is 62.3 Å². The second kappa shape index (κ2) is 10.4. The molecular formula is C27H36F3N5O2S. The molecule has 1 saturated carbocycles. The number of nitrogens with one attached hydrogen (secondary N) is 2. The third kappa shape index (κ3) is 5.99. The summed E-state index contributed by atoms with van der Waals surface area (Å²) in [6.07, 6.45) is 3.98. The Hall–Kier alpha value is -2.24. The molecular weight excluding hydrogens is 515 g/mol. The topological polar surface area (TPSA) is 90.4 Å². The monoisotopic (exact) mass is 551 g/mol. The fourth-order valence-electron chi connectivity index (χ4n) is 5.78. The molecule has 1 aliphatic carbocycles. The lowest BCUT2D eigenvalue weighted by molar-refractivity contribution is -0.137. The van der Waals surface area contributed by atoms with Crippen LogP contribution in [0.1, 0.15) is 86.8 Å². The number of hydrogen-bond acceptors (Lipinski definition) is 7. The first-order valence-corrected chi connectivity index (χ1v) is 14.3. The molecule has 3 aliphatic rings. The maximum Gasteiger partial charge on any atom is 0.417 e. The van der Waals surface area contributed by atoms with Gasteiger partial charge in [-0.05, 0) is 70.8 Å². The number of alkyl halides is 3. The minimum atomic E-state index is -4.60. The standard InChI is InChI=1S/C27H36F3N5O2S/c1-4-20(15-5-6-15)33-22-11-19(27(28,29)30)18(12-31-22)23-21(13-35-16-7-8-17(35)10-9-16)34-25(38-23)24(36)32-14-26(2,3)37/h11-12,15-17,20,37H,4-10,13-14H2,1-3H3,(H,31,33)(H,32,36)/t16?,17?,20-/m1/s1. The van der Waals surface area contributed by atoms with Crippen molar-refractivity contribution >= 4 is 23.1 Å². The Morgan fingerprint density at radius 2 is 1.84 bits per heavy atom. The summed E-state index contributed by atoms with van der Waals surface area (Å²) in [6.45, 7) is 5.56. The van der Waals surface area contributed by atoms with Gasteiger partial charge in [-0.3, -0.25) is 9.69 Å². The van der Waals surface area contributed by atoms with Crippen molar-refractivity contribution in [1.82, 2.24) is 20.2 Å².